The fraction of sp³-hybridized carbons (Fsp3) is 0.440. The van der Waals surface area contributed by atoms with Crippen molar-refractivity contribution in [1.82, 2.24) is 15.1 Å². The van der Waals surface area contributed by atoms with Crippen LogP contribution in [-0.2, 0) is 61.2 Å². The number of nitrogens with two attached hydrogens (primary N) is 1. The number of amides is 2. The summed E-state index contributed by atoms with van der Waals surface area (Å²) in [6, 6.07) is 38.5. The maximum absolute atomic E-state index is 13.8. The van der Waals surface area contributed by atoms with Crippen LogP contribution in [0.5, 0.6) is 0 Å². The molecule has 0 unspecified atom stereocenters. The Kier molecular flexibility index (Phi) is 26.2. The van der Waals surface area contributed by atoms with E-state index in [4.69, 9.17) is 34.5 Å². The third-order valence-electron chi connectivity index (χ3n) is 20.7. The van der Waals surface area contributed by atoms with Gasteiger partial charge in [0.15, 0.2) is 11.5 Å². The number of aromatic nitrogens is 2. The zero-order chi connectivity index (χ0) is 76.1. The fourth-order valence-electron chi connectivity index (χ4n) is 15.6. The molecule has 0 saturated heterocycles. The monoisotopic (exact) mass is 1500 g/mol. The van der Waals surface area contributed by atoms with Crippen LogP contribution in [0.2, 0.25) is 0 Å². The Labute approximate surface area is 629 Å². The van der Waals surface area contributed by atoms with E-state index in [1.807, 2.05) is 60.1 Å². The highest BCUT2D eigenvalue weighted by Crippen LogP contribution is 2.52. The van der Waals surface area contributed by atoms with Crippen LogP contribution in [0.15, 0.2) is 156 Å². The molecule has 3 heterocycles. The molecule has 0 bridgehead atoms. The van der Waals surface area contributed by atoms with E-state index in [2.05, 4.69) is 141 Å². The van der Waals surface area contributed by atoms with Crippen LogP contribution in [0.1, 0.15) is 165 Å². The van der Waals surface area contributed by atoms with E-state index in [1.54, 1.807) is 12.1 Å². The number of ketones is 1. The SMILES string of the molecule is Cc1nn(-c2ccc(C(N)=O)c(NCCCOCCOCCOCCOCCOCCCNC(=O)c3ccc(C4=C(/C=C/C5=[N+](CCCCS(=O)(=O)[O-])c6c(ccc7ccccc67)C5(C)C)CCC/C4=C\C=C4/N(CCCCS(=O)(=O)O)c5ccc6ccccc6c5C4(C)C)cc3)c2)c2c1C(=O)CC(C)(C)C2. The molecule has 4 aliphatic rings. The number of nitrogens with one attached hydrogen (secondary N) is 2. The van der Waals surface area contributed by atoms with Gasteiger partial charge in [0.25, 0.3) is 21.9 Å². The average molecular weight is 1500 g/mol. The summed E-state index contributed by atoms with van der Waals surface area (Å²) in [4.78, 5) is 41.4. The van der Waals surface area contributed by atoms with Crippen molar-refractivity contribution in [1.29, 1.82) is 0 Å². The van der Waals surface area contributed by atoms with Gasteiger partial charge in [0, 0.05) is 91.1 Å². The van der Waals surface area contributed by atoms with Gasteiger partial charge in [-0.3, -0.25) is 18.9 Å². The number of rotatable bonds is 38. The van der Waals surface area contributed by atoms with Crippen LogP contribution < -0.4 is 21.3 Å². The Morgan fingerprint density at radius 1 is 0.682 bits per heavy atom. The fourth-order valence-corrected chi connectivity index (χ4v) is 16.7. The van der Waals surface area contributed by atoms with Gasteiger partial charge in [-0.15, -0.1) is 0 Å². The van der Waals surface area contributed by atoms with E-state index >= 15 is 0 Å². The lowest BCUT2D eigenvalue weighted by Crippen LogP contribution is -2.28. The van der Waals surface area contributed by atoms with Gasteiger partial charge in [0.1, 0.15) is 6.54 Å². The Morgan fingerprint density at radius 2 is 1.31 bits per heavy atom. The van der Waals surface area contributed by atoms with Crippen LogP contribution in [0, 0.1) is 12.3 Å². The highest BCUT2D eigenvalue weighted by atomic mass is 32.2. The van der Waals surface area contributed by atoms with Crippen LogP contribution in [-0.4, -0.2) is 167 Å². The summed E-state index contributed by atoms with van der Waals surface area (Å²) in [6.07, 6.45) is 15.4. The molecule has 7 aromatic rings. The van der Waals surface area contributed by atoms with Gasteiger partial charge < -0.3 is 49.5 Å². The number of allylic oxidation sites excluding steroid dienone is 8. The zero-order valence-electron chi connectivity index (χ0n) is 62.8. The lowest BCUT2D eigenvalue weighted by atomic mass is 9.75. The van der Waals surface area contributed by atoms with Crippen LogP contribution in [0.25, 0.3) is 32.8 Å². The summed E-state index contributed by atoms with van der Waals surface area (Å²) >= 11 is 0. The second kappa shape index (κ2) is 35.3. The van der Waals surface area contributed by atoms with Crippen LogP contribution in [0.4, 0.5) is 17.1 Å². The minimum Gasteiger partial charge on any atom is -0.748 e. The van der Waals surface area contributed by atoms with Crippen molar-refractivity contribution in [2.75, 3.05) is 114 Å². The molecule has 6 aromatic carbocycles. The first-order valence-electron chi connectivity index (χ1n) is 37.5. The number of fused-ring (bicyclic) bond motifs is 7. The molecule has 11 rings (SSSR count). The van der Waals surface area contributed by atoms with Crippen molar-refractivity contribution in [3.63, 3.8) is 0 Å². The van der Waals surface area contributed by atoms with Crippen LogP contribution >= 0.6 is 0 Å². The Balaban J connectivity index is 0.663. The number of Topliss-reactive ketones (excluding diaryl/α,β-unsaturated/α-hetero) is 1. The predicted molar refractivity (Wildman–Crippen MR) is 420 cm³/mol. The summed E-state index contributed by atoms with van der Waals surface area (Å²) in [7, 11) is -8.51. The van der Waals surface area contributed by atoms with Crippen molar-refractivity contribution >= 4 is 87.7 Å². The second-order valence-corrected chi connectivity index (χ2v) is 33.1. The zero-order valence-corrected chi connectivity index (χ0v) is 64.4. The first kappa shape index (κ1) is 79.5. The number of benzene rings is 6. The standard InChI is InChI=1S/C84H103N7O14S2/c1-58-76-72(56-82(2,3)57-73(76)92)91(88-58)65-33-34-68(80(85)93)70(55-65)86-39-17-43-101-45-47-103-49-51-105-52-50-104-48-46-102-44-18-40-87-81(94)64-27-25-63(26-28-64)77-61(31-37-74-83(4,5)69-35-29-60-20-9-11-24-67(60)79(69)90(74)42-13-15-54-107(98,99)100)21-16-22-62(77)32-38-75-84(6,7)78-66-23-10-8-19-59(66)30-36-71(78)89(75)41-12-14-53-106(95,96)97/h8-11,19-20,23-38,55H,12-18,21-22,39-54,56-57H2,1-7H3,(H5-,85,86,87,93,94,95,96,97,98,99,100). The van der Waals surface area contributed by atoms with Crippen molar-refractivity contribution in [3.8, 4) is 5.69 Å². The Bertz CT molecular complexity index is 4820. The lowest BCUT2D eigenvalue weighted by molar-refractivity contribution is -0.436. The number of aryl methyl sites for hydroxylation is 1. The molecule has 0 atom stereocenters. The van der Waals surface area contributed by atoms with Crippen molar-refractivity contribution < 1.29 is 68.6 Å². The normalized spacial score (nSPS) is 16.9. The number of carbonyl (C=O) groups excluding carboxylic acids is 3. The number of hydrogen-bond acceptors (Lipinski definition) is 16. The second-order valence-electron chi connectivity index (χ2n) is 30.0. The van der Waals surface area contributed by atoms with Gasteiger partial charge >= 0.3 is 0 Å². The predicted octanol–water partition coefficient (Wildman–Crippen LogP) is 13.6. The average Bonchev–Trinajstić information content (AvgIpc) is 1.58. The molecule has 570 valence electrons. The number of anilines is 2. The van der Waals surface area contributed by atoms with E-state index in [9.17, 15) is 40.3 Å². The minimum atomic E-state index is -4.38. The number of hydrogen-bond donors (Lipinski definition) is 4. The third kappa shape index (κ3) is 19.7. The molecule has 21 nitrogen and oxygen atoms in total. The number of nitrogens with zero attached hydrogens (tertiary/aromatic N) is 4. The number of carbonyl (C=O) groups is 3. The quantitative estimate of drug-likeness (QED) is 0.0159. The molecule has 5 N–H and O–H groups in total. The van der Waals surface area contributed by atoms with Gasteiger partial charge in [-0.25, -0.2) is 13.1 Å². The first-order chi connectivity index (χ1) is 51.2. The molecular formula is C84H103N7O14S2. The van der Waals surface area contributed by atoms with Gasteiger partial charge in [-0.1, -0.05) is 113 Å². The Hall–Kier alpha value is -8.49. The highest BCUT2D eigenvalue weighted by molar-refractivity contribution is 7.85. The summed E-state index contributed by atoms with van der Waals surface area (Å²) in [5.74, 6) is -1.38. The number of ether oxygens (including phenoxy) is 5. The minimum absolute atomic E-state index is 0.101. The Morgan fingerprint density at radius 3 is 1.97 bits per heavy atom. The first-order valence-corrected chi connectivity index (χ1v) is 40.7. The van der Waals surface area contributed by atoms with Gasteiger partial charge in [0.2, 0.25) is 5.69 Å². The van der Waals surface area contributed by atoms with E-state index in [1.165, 1.54) is 5.56 Å². The molecule has 23 heteroatoms. The molecule has 0 spiro atoms. The van der Waals surface area contributed by atoms with Crippen molar-refractivity contribution in [2.24, 2.45) is 11.1 Å². The molecule has 0 radical (unpaired) electrons. The summed E-state index contributed by atoms with van der Waals surface area (Å²) in [5, 5.41) is 15.6. The summed E-state index contributed by atoms with van der Waals surface area (Å²) in [5.41, 5.74) is 20.0. The molecule has 2 amide bonds. The number of unbranched alkanes of at least 4 members (excludes halogenated alkanes) is 2. The molecule has 2 aliphatic heterocycles. The number of primary amides is 1. The van der Waals surface area contributed by atoms with Crippen molar-refractivity contribution in [3.05, 3.63) is 201 Å². The summed E-state index contributed by atoms with van der Waals surface area (Å²) in [6.45, 7) is 21.1. The molecular weight excluding hydrogens is 1400 g/mol. The van der Waals surface area contributed by atoms with E-state index in [0.717, 1.165) is 103 Å². The van der Waals surface area contributed by atoms with E-state index < -0.39 is 42.7 Å². The largest absolute Gasteiger partial charge is 0.748 e. The highest BCUT2D eigenvalue weighted by Gasteiger charge is 2.46. The molecule has 1 aromatic heterocycles. The maximum atomic E-state index is 13.8. The molecule has 0 fully saturated rings. The lowest BCUT2D eigenvalue weighted by Gasteiger charge is -2.29. The smallest absolute Gasteiger partial charge is 0.264 e. The van der Waals surface area contributed by atoms with Gasteiger partial charge in [-0.05, 0) is 177 Å². The van der Waals surface area contributed by atoms with E-state index in [0.29, 0.717) is 165 Å². The van der Waals surface area contributed by atoms with Crippen molar-refractivity contribution in [2.45, 2.75) is 130 Å². The molecule has 107 heavy (non-hydrogen) atoms. The third-order valence-corrected chi connectivity index (χ3v) is 22.3. The van der Waals surface area contributed by atoms with Gasteiger partial charge in [-0.2, -0.15) is 18.1 Å². The molecule has 2 aliphatic carbocycles. The van der Waals surface area contributed by atoms with E-state index in [-0.39, 0.29) is 29.3 Å². The van der Waals surface area contributed by atoms with Crippen LogP contribution in [0.3, 0.4) is 0 Å². The maximum Gasteiger partial charge on any atom is 0.264 e. The molecule has 0 saturated carbocycles. The van der Waals surface area contributed by atoms with Gasteiger partial charge in [0.05, 0.1) is 108 Å². The topological polar surface area (TPSA) is 283 Å². The summed E-state index contributed by atoms with van der Waals surface area (Å²) < 4.78 is 101.